The first kappa shape index (κ1) is 13.9. The zero-order chi connectivity index (χ0) is 13.1. The van der Waals surface area contributed by atoms with Gasteiger partial charge in [-0.1, -0.05) is 40.9 Å². The molecule has 0 bridgehead atoms. The van der Waals surface area contributed by atoms with Gasteiger partial charge in [-0.3, -0.25) is 0 Å². The van der Waals surface area contributed by atoms with E-state index in [0.717, 1.165) is 10.5 Å². The van der Waals surface area contributed by atoms with Crippen LogP contribution in [0, 0.1) is 0 Å². The average Bonchev–Trinajstić information content (AvgIpc) is 2.33. The molecule has 0 saturated carbocycles. The quantitative estimate of drug-likeness (QED) is 0.595. The molecule has 0 aliphatic heterocycles. The van der Waals surface area contributed by atoms with Gasteiger partial charge in [0.1, 0.15) is 0 Å². The Labute approximate surface area is 125 Å². The number of thioether (sulfide) groups is 1. The van der Waals surface area contributed by atoms with Crippen molar-refractivity contribution >= 4 is 52.3 Å². The normalized spacial score (nSPS) is 10.6. The molecule has 0 amide bonds. The summed E-state index contributed by atoms with van der Waals surface area (Å²) in [5, 5.41) is 2.00. The maximum absolute atomic E-state index is 6.11. The smallest absolute Gasteiger partial charge is 0.0543 e. The van der Waals surface area contributed by atoms with Crippen LogP contribution in [-0.4, -0.2) is 0 Å². The zero-order valence-corrected chi connectivity index (χ0v) is 12.4. The van der Waals surface area contributed by atoms with Gasteiger partial charge in [-0.15, -0.1) is 11.8 Å². The first-order chi connectivity index (χ1) is 8.58. The largest absolute Gasteiger partial charge is 0.399 e. The number of halogens is 3. The predicted octanol–water partition coefficient (Wildman–Crippen LogP) is 5.52. The Kier molecular flexibility index (Phi) is 4.68. The third-order valence-electron chi connectivity index (χ3n) is 2.39. The van der Waals surface area contributed by atoms with Gasteiger partial charge in [0.05, 0.1) is 5.02 Å². The van der Waals surface area contributed by atoms with Crippen molar-refractivity contribution in [2.75, 3.05) is 5.73 Å². The van der Waals surface area contributed by atoms with Gasteiger partial charge in [0.15, 0.2) is 0 Å². The number of benzene rings is 2. The molecule has 18 heavy (non-hydrogen) atoms. The molecule has 2 N–H and O–H groups in total. The van der Waals surface area contributed by atoms with Gasteiger partial charge in [0.25, 0.3) is 0 Å². The molecule has 0 spiro atoms. The molecule has 0 radical (unpaired) electrons. The van der Waals surface area contributed by atoms with Crippen LogP contribution < -0.4 is 5.73 Å². The SMILES string of the molecule is Nc1ccc(Cl)c(SCc2c(Cl)cccc2Cl)c1. The van der Waals surface area contributed by atoms with Crippen molar-refractivity contribution in [1.29, 1.82) is 0 Å². The van der Waals surface area contributed by atoms with E-state index in [1.54, 1.807) is 23.9 Å². The second kappa shape index (κ2) is 6.07. The molecule has 0 aromatic heterocycles. The molecule has 2 aromatic carbocycles. The van der Waals surface area contributed by atoms with E-state index in [1.807, 2.05) is 24.3 Å². The van der Waals surface area contributed by atoms with Crippen LogP contribution >= 0.6 is 46.6 Å². The summed E-state index contributed by atoms with van der Waals surface area (Å²) in [6.07, 6.45) is 0. The van der Waals surface area contributed by atoms with Crippen molar-refractivity contribution in [1.82, 2.24) is 0 Å². The Balaban J connectivity index is 2.19. The number of nitrogens with two attached hydrogens (primary N) is 1. The van der Waals surface area contributed by atoms with Gasteiger partial charge >= 0.3 is 0 Å². The van der Waals surface area contributed by atoms with Gasteiger partial charge in [-0.2, -0.15) is 0 Å². The highest BCUT2D eigenvalue weighted by atomic mass is 35.5. The van der Waals surface area contributed by atoms with E-state index in [0.29, 0.717) is 26.5 Å². The lowest BCUT2D eigenvalue weighted by molar-refractivity contribution is 1.38. The summed E-state index contributed by atoms with van der Waals surface area (Å²) in [6, 6.07) is 10.9. The van der Waals surface area contributed by atoms with E-state index in [4.69, 9.17) is 40.5 Å². The Bertz CT molecular complexity index is 552. The fourth-order valence-corrected chi connectivity index (χ4v) is 3.46. The highest BCUT2D eigenvalue weighted by molar-refractivity contribution is 7.98. The molecule has 0 fully saturated rings. The monoisotopic (exact) mass is 317 g/mol. The van der Waals surface area contributed by atoms with Crippen molar-refractivity contribution in [3.05, 3.63) is 57.0 Å². The lowest BCUT2D eigenvalue weighted by Crippen LogP contribution is -1.88. The summed E-state index contributed by atoms with van der Waals surface area (Å²) in [4.78, 5) is 0.924. The van der Waals surface area contributed by atoms with E-state index in [-0.39, 0.29) is 0 Å². The standard InChI is InChI=1S/C13H10Cl3NS/c14-10-2-1-3-11(15)9(10)7-18-13-6-8(17)4-5-12(13)16/h1-6H,7,17H2. The Morgan fingerprint density at radius 3 is 2.28 bits per heavy atom. The Morgan fingerprint density at radius 2 is 1.61 bits per heavy atom. The third-order valence-corrected chi connectivity index (χ3v) is 4.62. The van der Waals surface area contributed by atoms with Crippen molar-refractivity contribution < 1.29 is 0 Å². The van der Waals surface area contributed by atoms with Crippen LogP contribution in [0.2, 0.25) is 15.1 Å². The van der Waals surface area contributed by atoms with Crippen molar-refractivity contribution in [3.63, 3.8) is 0 Å². The molecule has 94 valence electrons. The van der Waals surface area contributed by atoms with Crippen LogP contribution in [0.15, 0.2) is 41.3 Å². The molecule has 2 rings (SSSR count). The lowest BCUT2D eigenvalue weighted by atomic mass is 10.2. The van der Waals surface area contributed by atoms with Gasteiger partial charge in [0.2, 0.25) is 0 Å². The second-order valence-corrected chi connectivity index (χ2v) is 5.92. The summed E-state index contributed by atoms with van der Waals surface area (Å²) in [5.74, 6) is 0.654. The second-order valence-electron chi connectivity index (χ2n) is 3.68. The molecule has 0 aliphatic carbocycles. The molecule has 0 unspecified atom stereocenters. The third kappa shape index (κ3) is 3.27. The minimum Gasteiger partial charge on any atom is -0.399 e. The molecule has 2 aromatic rings. The Hall–Kier alpha value is -0.540. The number of anilines is 1. The van der Waals surface area contributed by atoms with Crippen molar-refractivity contribution in [2.45, 2.75) is 10.6 Å². The predicted molar refractivity (Wildman–Crippen MR) is 81.9 cm³/mol. The highest BCUT2D eigenvalue weighted by Gasteiger charge is 2.08. The molecule has 1 nitrogen and oxygen atoms in total. The van der Waals surface area contributed by atoms with Crippen LogP contribution in [0.5, 0.6) is 0 Å². The molecular weight excluding hydrogens is 309 g/mol. The zero-order valence-electron chi connectivity index (χ0n) is 9.29. The van der Waals surface area contributed by atoms with Gasteiger partial charge in [-0.25, -0.2) is 0 Å². The van der Waals surface area contributed by atoms with E-state index >= 15 is 0 Å². The minimum atomic E-state index is 0.654. The average molecular weight is 319 g/mol. The summed E-state index contributed by atoms with van der Waals surface area (Å²) in [7, 11) is 0. The lowest BCUT2D eigenvalue weighted by Gasteiger charge is -2.08. The Morgan fingerprint density at radius 1 is 0.944 bits per heavy atom. The fourth-order valence-electron chi connectivity index (χ4n) is 1.45. The van der Waals surface area contributed by atoms with E-state index < -0.39 is 0 Å². The number of hydrogen-bond donors (Lipinski definition) is 1. The van der Waals surface area contributed by atoms with Crippen LogP contribution in [-0.2, 0) is 5.75 Å². The first-order valence-electron chi connectivity index (χ1n) is 5.18. The maximum atomic E-state index is 6.11. The highest BCUT2D eigenvalue weighted by Crippen LogP contribution is 2.35. The van der Waals surface area contributed by atoms with Crippen LogP contribution in [0.3, 0.4) is 0 Å². The molecule has 5 heteroatoms. The van der Waals surface area contributed by atoms with Crippen LogP contribution in [0.1, 0.15) is 5.56 Å². The van der Waals surface area contributed by atoms with Gasteiger partial charge in [0, 0.05) is 26.4 Å². The molecular formula is C13H10Cl3NS. The van der Waals surface area contributed by atoms with Gasteiger partial charge < -0.3 is 5.73 Å². The molecule has 0 aliphatic rings. The molecule has 0 atom stereocenters. The minimum absolute atomic E-state index is 0.654. The van der Waals surface area contributed by atoms with E-state index in [1.165, 1.54) is 0 Å². The van der Waals surface area contributed by atoms with Gasteiger partial charge in [-0.05, 0) is 35.9 Å². The van der Waals surface area contributed by atoms with Crippen LogP contribution in [0.4, 0.5) is 5.69 Å². The first-order valence-corrected chi connectivity index (χ1v) is 7.30. The van der Waals surface area contributed by atoms with E-state index in [2.05, 4.69) is 0 Å². The summed E-state index contributed by atoms with van der Waals surface area (Å²) in [5.41, 5.74) is 7.33. The van der Waals surface area contributed by atoms with Crippen molar-refractivity contribution in [2.24, 2.45) is 0 Å². The molecule has 0 saturated heterocycles. The summed E-state index contributed by atoms with van der Waals surface area (Å²) < 4.78 is 0. The number of nitrogen functional groups attached to an aromatic ring is 1. The topological polar surface area (TPSA) is 26.0 Å². The van der Waals surface area contributed by atoms with E-state index in [9.17, 15) is 0 Å². The summed E-state index contributed by atoms with van der Waals surface area (Å²) >= 11 is 19.9. The summed E-state index contributed by atoms with van der Waals surface area (Å²) in [6.45, 7) is 0. The molecule has 0 heterocycles. The fraction of sp³-hybridized carbons (Fsp3) is 0.0769. The number of rotatable bonds is 3. The van der Waals surface area contributed by atoms with Crippen molar-refractivity contribution in [3.8, 4) is 0 Å². The van der Waals surface area contributed by atoms with Crippen LogP contribution in [0.25, 0.3) is 0 Å². The number of hydrogen-bond acceptors (Lipinski definition) is 2. The maximum Gasteiger partial charge on any atom is 0.0543 e.